The Morgan fingerprint density at radius 1 is 1.21 bits per heavy atom. The van der Waals surface area contributed by atoms with Crippen LogP contribution in [-0.2, 0) is 6.54 Å². The molecule has 0 N–H and O–H groups in total. The normalized spacial score (nSPS) is 10.9. The summed E-state index contributed by atoms with van der Waals surface area (Å²) in [6, 6.07) is 6.31. The van der Waals surface area contributed by atoms with Crippen molar-refractivity contribution in [3.63, 3.8) is 0 Å². The summed E-state index contributed by atoms with van der Waals surface area (Å²) in [5.74, 6) is 1.00. The largest absolute Gasteiger partial charge is 0.350 e. The van der Waals surface area contributed by atoms with E-state index in [1.54, 1.807) is 17.7 Å². The maximum absolute atomic E-state index is 4.40. The SMILES string of the molecule is Cc1cc(N(CCN(C)C)Cc2cccs2)ncn1. The second-order valence-corrected chi connectivity index (χ2v) is 5.85. The Morgan fingerprint density at radius 2 is 2.05 bits per heavy atom. The van der Waals surface area contributed by atoms with Crippen LogP contribution in [0.5, 0.6) is 0 Å². The Balaban J connectivity index is 2.13. The Kier molecular flexibility index (Phi) is 4.87. The fraction of sp³-hybridized carbons (Fsp3) is 0.429. The first-order chi connectivity index (χ1) is 9.15. The molecule has 0 unspecified atom stereocenters. The molecule has 4 nitrogen and oxygen atoms in total. The highest BCUT2D eigenvalue weighted by molar-refractivity contribution is 7.09. The summed E-state index contributed by atoms with van der Waals surface area (Å²) in [7, 11) is 4.18. The van der Waals surface area contributed by atoms with Crippen molar-refractivity contribution in [2.24, 2.45) is 0 Å². The molecule has 2 aromatic rings. The highest BCUT2D eigenvalue weighted by atomic mass is 32.1. The van der Waals surface area contributed by atoms with E-state index in [2.05, 4.69) is 51.4 Å². The van der Waals surface area contributed by atoms with Crippen LogP contribution < -0.4 is 4.90 Å². The number of aromatic nitrogens is 2. The van der Waals surface area contributed by atoms with Gasteiger partial charge in [-0.1, -0.05) is 6.07 Å². The summed E-state index contributed by atoms with van der Waals surface area (Å²) in [4.78, 5) is 14.4. The molecule has 2 aromatic heterocycles. The minimum Gasteiger partial charge on any atom is -0.350 e. The van der Waals surface area contributed by atoms with E-state index in [0.29, 0.717) is 0 Å². The molecule has 0 atom stereocenters. The van der Waals surface area contributed by atoms with E-state index in [4.69, 9.17) is 0 Å². The smallest absolute Gasteiger partial charge is 0.132 e. The fourth-order valence-electron chi connectivity index (χ4n) is 1.80. The number of aryl methyl sites for hydroxylation is 1. The predicted octanol–water partition coefficient (Wildman–Crippen LogP) is 2.41. The first kappa shape index (κ1) is 14.0. The summed E-state index contributed by atoms with van der Waals surface area (Å²) in [5.41, 5.74) is 1.01. The van der Waals surface area contributed by atoms with Gasteiger partial charge in [0, 0.05) is 29.7 Å². The third-order valence-corrected chi connectivity index (χ3v) is 3.72. The van der Waals surface area contributed by atoms with Crippen molar-refractivity contribution in [3.8, 4) is 0 Å². The molecule has 2 heterocycles. The number of hydrogen-bond donors (Lipinski definition) is 0. The molecule has 0 aliphatic carbocycles. The van der Waals surface area contributed by atoms with Crippen molar-refractivity contribution in [2.75, 3.05) is 32.1 Å². The van der Waals surface area contributed by atoms with Gasteiger partial charge in [0.05, 0.1) is 6.54 Å². The van der Waals surface area contributed by atoms with Gasteiger partial charge in [-0.05, 0) is 32.5 Å². The first-order valence-corrected chi connectivity index (χ1v) is 7.24. The van der Waals surface area contributed by atoms with E-state index >= 15 is 0 Å². The lowest BCUT2D eigenvalue weighted by atomic mass is 10.3. The molecular weight excluding hydrogens is 256 g/mol. The van der Waals surface area contributed by atoms with Gasteiger partial charge in [0.25, 0.3) is 0 Å². The monoisotopic (exact) mass is 276 g/mol. The second-order valence-electron chi connectivity index (χ2n) is 4.82. The number of thiophene rings is 1. The maximum Gasteiger partial charge on any atom is 0.132 e. The fourth-order valence-corrected chi connectivity index (χ4v) is 2.52. The van der Waals surface area contributed by atoms with Crippen LogP contribution in [0.1, 0.15) is 10.6 Å². The summed E-state index contributed by atoms with van der Waals surface area (Å²) in [5, 5.41) is 2.12. The Bertz CT molecular complexity index is 496. The zero-order valence-corrected chi connectivity index (χ0v) is 12.5. The van der Waals surface area contributed by atoms with Crippen LogP contribution in [0.3, 0.4) is 0 Å². The molecule has 0 radical (unpaired) electrons. The van der Waals surface area contributed by atoms with Crippen molar-refractivity contribution in [3.05, 3.63) is 40.5 Å². The highest BCUT2D eigenvalue weighted by Gasteiger charge is 2.10. The molecule has 0 spiro atoms. The molecule has 0 bridgehead atoms. The number of anilines is 1. The molecule has 2 rings (SSSR count). The van der Waals surface area contributed by atoms with Crippen molar-refractivity contribution in [2.45, 2.75) is 13.5 Å². The number of rotatable bonds is 6. The second kappa shape index (κ2) is 6.63. The lowest BCUT2D eigenvalue weighted by Crippen LogP contribution is -2.31. The van der Waals surface area contributed by atoms with E-state index in [9.17, 15) is 0 Å². The maximum atomic E-state index is 4.40. The minimum absolute atomic E-state index is 0.905. The van der Waals surface area contributed by atoms with Gasteiger partial charge in [0.1, 0.15) is 12.1 Å². The lowest BCUT2D eigenvalue weighted by molar-refractivity contribution is 0.412. The third kappa shape index (κ3) is 4.29. The minimum atomic E-state index is 0.905. The number of hydrogen-bond acceptors (Lipinski definition) is 5. The molecule has 5 heteroatoms. The lowest BCUT2D eigenvalue weighted by Gasteiger charge is -2.25. The topological polar surface area (TPSA) is 32.3 Å². The van der Waals surface area contributed by atoms with Crippen LogP contribution in [-0.4, -0.2) is 42.1 Å². The van der Waals surface area contributed by atoms with Crippen LogP contribution in [0, 0.1) is 6.92 Å². The van der Waals surface area contributed by atoms with Crippen LogP contribution in [0.2, 0.25) is 0 Å². The summed E-state index contributed by atoms with van der Waals surface area (Å²) >= 11 is 1.79. The summed E-state index contributed by atoms with van der Waals surface area (Å²) in [6.45, 7) is 4.87. The molecule has 0 aliphatic rings. The van der Waals surface area contributed by atoms with E-state index in [-0.39, 0.29) is 0 Å². The molecular formula is C14H20N4S. The average molecular weight is 276 g/mol. The van der Waals surface area contributed by atoms with Gasteiger partial charge in [-0.2, -0.15) is 0 Å². The Morgan fingerprint density at radius 3 is 2.68 bits per heavy atom. The summed E-state index contributed by atoms with van der Waals surface area (Å²) in [6.07, 6.45) is 1.64. The summed E-state index contributed by atoms with van der Waals surface area (Å²) < 4.78 is 0. The van der Waals surface area contributed by atoms with Gasteiger partial charge in [0.2, 0.25) is 0 Å². The van der Waals surface area contributed by atoms with Gasteiger partial charge in [-0.25, -0.2) is 9.97 Å². The Labute approximate surface area is 118 Å². The zero-order chi connectivity index (χ0) is 13.7. The van der Waals surface area contributed by atoms with Crippen LogP contribution >= 0.6 is 11.3 Å². The number of nitrogens with zero attached hydrogens (tertiary/aromatic N) is 4. The van der Waals surface area contributed by atoms with E-state index < -0.39 is 0 Å². The molecule has 0 saturated heterocycles. The van der Waals surface area contributed by atoms with Crippen LogP contribution in [0.25, 0.3) is 0 Å². The van der Waals surface area contributed by atoms with Crippen LogP contribution in [0.4, 0.5) is 5.82 Å². The van der Waals surface area contributed by atoms with Gasteiger partial charge in [0.15, 0.2) is 0 Å². The molecule has 0 aliphatic heterocycles. The van der Waals surface area contributed by atoms with E-state index in [0.717, 1.165) is 31.1 Å². The van der Waals surface area contributed by atoms with Crippen molar-refractivity contribution < 1.29 is 0 Å². The molecule has 0 saturated carbocycles. The molecule has 19 heavy (non-hydrogen) atoms. The third-order valence-electron chi connectivity index (χ3n) is 2.86. The van der Waals surface area contributed by atoms with Gasteiger partial charge >= 0.3 is 0 Å². The van der Waals surface area contributed by atoms with Gasteiger partial charge in [-0.15, -0.1) is 11.3 Å². The van der Waals surface area contributed by atoms with Gasteiger partial charge < -0.3 is 9.80 Å². The highest BCUT2D eigenvalue weighted by Crippen LogP contribution is 2.17. The molecule has 0 fully saturated rings. The van der Waals surface area contributed by atoms with Gasteiger partial charge in [-0.3, -0.25) is 0 Å². The average Bonchev–Trinajstić information content (AvgIpc) is 2.87. The standard InChI is InChI=1S/C14H20N4S/c1-12-9-14(16-11-15-12)18(7-6-17(2)3)10-13-5-4-8-19-13/h4-5,8-9,11H,6-7,10H2,1-3H3. The Hall–Kier alpha value is -1.46. The van der Waals surface area contributed by atoms with Crippen molar-refractivity contribution in [1.82, 2.24) is 14.9 Å². The van der Waals surface area contributed by atoms with Crippen LogP contribution in [0.15, 0.2) is 29.9 Å². The van der Waals surface area contributed by atoms with E-state index in [1.165, 1.54) is 4.88 Å². The van der Waals surface area contributed by atoms with Crippen molar-refractivity contribution in [1.29, 1.82) is 0 Å². The first-order valence-electron chi connectivity index (χ1n) is 6.36. The number of likely N-dealkylation sites (N-methyl/N-ethyl adjacent to an activating group) is 1. The predicted molar refractivity (Wildman–Crippen MR) is 80.7 cm³/mol. The van der Waals surface area contributed by atoms with E-state index in [1.807, 2.05) is 13.0 Å². The molecule has 0 amide bonds. The zero-order valence-electron chi connectivity index (χ0n) is 11.7. The quantitative estimate of drug-likeness (QED) is 0.811. The molecule has 0 aromatic carbocycles. The molecule has 102 valence electrons. The van der Waals surface area contributed by atoms with Crippen molar-refractivity contribution >= 4 is 17.2 Å².